The van der Waals surface area contributed by atoms with E-state index in [1.165, 1.54) is 11.1 Å². The molecule has 0 bridgehead atoms. The van der Waals surface area contributed by atoms with Crippen LogP contribution in [0.3, 0.4) is 0 Å². The number of aryl methyl sites for hydroxylation is 1. The third-order valence-corrected chi connectivity index (χ3v) is 6.72. The zero-order chi connectivity index (χ0) is 40.2. The van der Waals surface area contributed by atoms with Crippen LogP contribution in [-0.4, -0.2) is 20.0 Å². The van der Waals surface area contributed by atoms with Gasteiger partial charge in [0.25, 0.3) is 0 Å². The molecular weight excluding hydrogens is 625 g/mol. The summed E-state index contributed by atoms with van der Waals surface area (Å²) in [4.78, 5) is 4.05. The highest BCUT2D eigenvalue weighted by Gasteiger charge is 2.19. The first kappa shape index (κ1) is 49.9. The fourth-order valence-corrected chi connectivity index (χ4v) is 3.59. The van der Waals surface area contributed by atoms with Gasteiger partial charge >= 0.3 is 0 Å². The molecule has 290 valence electrons. The molecule has 4 rings (SSSR count). The molecule has 0 saturated carbocycles. The van der Waals surface area contributed by atoms with Crippen molar-refractivity contribution in [1.29, 1.82) is 0 Å². The van der Waals surface area contributed by atoms with Crippen molar-refractivity contribution in [3.05, 3.63) is 102 Å². The summed E-state index contributed by atoms with van der Waals surface area (Å²) in [5.74, 6) is 3.82. The van der Waals surface area contributed by atoms with Crippen LogP contribution in [-0.2, 0) is 28.1 Å². The molecule has 51 heavy (non-hydrogen) atoms. The van der Waals surface area contributed by atoms with Crippen LogP contribution in [0.15, 0.2) is 77.6 Å². The average Bonchev–Trinajstić information content (AvgIpc) is 3.69. The Morgan fingerprint density at radius 3 is 1.29 bits per heavy atom. The van der Waals surface area contributed by atoms with Crippen LogP contribution in [0.2, 0.25) is 0 Å². The first-order valence-electron chi connectivity index (χ1n) is 19.1. The Kier molecular flexibility index (Phi) is 22.9. The van der Waals surface area contributed by atoms with Gasteiger partial charge in [-0.25, -0.2) is 4.68 Å². The Morgan fingerprint density at radius 2 is 1.06 bits per heavy atom. The molecule has 0 N–H and O–H groups in total. The average molecular weight is 705 g/mol. The van der Waals surface area contributed by atoms with E-state index in [-0.39, 0.29) is 16.2 Å². The van der Waals surface area contributed by atoms with Crippen LogP contribution in [0.25, 0.3) is 0 Å². The largest absolute Gasteiger partial charge is 0.466 e. The van der Waals surface area contributed by atoms with Crippen LogP contribution in [0.5, 0.6) is 0 Å². The summed E-state index contributed by atoms with van der Waals surface area (Å²) < 4.78 is 7.49. The van der Waals surface area contributed by atoms with Crippen LogP contribution in [0, 0.1) is 11.8 Å². The Bertz CT molecular complexity index is 1320. The molecule has 0 amide bonds. The molecule has 0 fully saturated rings. The third kappa shape index (κ3) is 25.4. The summed E-state index contributed by atoms with van der Waals surface area (Å²) in [5, 5.41) is 8.17. The molecule has 0 saturated heterocycles. The highest BCUT2D eigenvalue weighted by Crippen LogP contribution is 2.24. The lowest BCUT2D eigenvalue weighted by Crippen LogP contribution is -2.11. The van der Waals surface area contributed by atoms with E-state index in [9.17, 15) is 0 Å². The highest BCUT2D eigenvalue weighted by atomic mass is 16.3. The summed E-state index contributed by atoms with van der Waals surface area (Å²) in [6, 6.07) is 19.2. The Labute approximate surface area is 316 Å². The minimum absolute atomic E-state index is 0.104. The van der Waals surface area contributed by atoms with Gasteiger partial charge in [0.1, 0.15) is 11.5 Å². The van der Waals surface area contributed by atoms with Gasteiger partial charge in [0.05, 0.1) is 5.69 Å². The van der Waals surface area contributed by atoms with Gasteiger partial charge in [-0.15, -0.1) is 5.10 Å². The van der Waals surface area contributed by atoms with Gasteiger partial charge in [-0.05, 0) is 65.8 Å². The lowest BCUT2D eigenvalue weighted by Gasteiger charge is -2.18. The Morgan fingerprint density at radius 1 is 0.588 bits per heavy atom. The smallest absolute Gasteiger partial charge is 0.109 e. The van der Waals surface area contributed by atoms with E-state index in [0.29, 0.717) is 11.5 Å². The molecule has 5 nitrogen and oxygen atoms in total. The Hall–Kier alpha value is -3.21. The van der Waals surface area contributed by atoms with Crippen molar-refractivity contribution in [2.45, 2.75) is 180 Å². The van der Waals surface area contributed by atoms with Crippen molar-refractivity contribution in [2.75, 3.05) is 0 Å². The van der Waals surface area contributed by atoms with Crippen LogP contribution < -0.4 is 0 Å². The number of furan rings is 1. The quantitative estimate of drug-likeness (QED) is 0.208. The molecule has 0 aliphatic heterocycles. The van der Waals surface area contributed by atoms with Gasteiger partial charge < -0.3 is 4.42 Å². The predicted molar refractivity (Wildman–Crippen MR) is 225 cm³/mol. The van der Waals surface area contributed by atoms with Gasteiger partial charge in [-0.1, -0.05) is 173 Å². The lowest BCUT2D eigenvalue weighted by atomic mass is 9.87. The van der Waals surface area contributed by atoms with Crippen molar-refractivity contribution in [3.8, 4) is 0 Å². The topological polar surface area (TPSA) is 56.7 Å². The second-order valence-electron chi connectivity index (χ2n) is 18.9. The SMILES string of the molecule is CC(C)(C)c1ccccc1.CC(C)(C)c1cccnc1.CC(C)C.CC(C)C.CC(C)n1cc(C(C)(C)C)nn1.CCc1ccc(C(C)(C)C)o1. The second-order valence-corrected chi connectivity index (χ2v) is 18.9. The standard InChI is InChI=1S/C10H16O.C10H14.C9H17N3.C9H13N.2C4H10/c1-5-8-6-7-9(11-8)10(2,3)4;1-10(2,3)9-7-5-4-6-8-9;1-7(2)12-6-8(10-11-12)9(3,4)5;1-9(2,3)8-5-4-6-10-7-8;2*1-4(2)3/h6-7H,5H2,1-4H3;4-8H,1-3H3;6-7H,1-5H3;4-7H,1-3H3;2*4H,1-3H3. The van der Waals surface area contributed by atoms with Gasteiger partial charge in [0.15, 0.2) is 0 Å². The summed E-state index contributed by atoms with van der Waals surface area (Å²) in [6.07, 6.45) is 6.72. The van der Waals surface area contributed by atoms with Crippen LogP contribution >= 0.6 is 0 Å². The van der Waals surface area contributed by atoms with E-state index < -0.39 is 0 Å². The van der Waals surface area contributed by atoms with Crippen molar-refractivity contribution >= 4 is 0 Å². The fourth-order valence-electron chi connectivity index (χ4n) is 3.59. The number of aromatic nitrogens is 4. The molecule has 0 spiro atoms. The normalized spacial score (nSPS) is 11.5. The zero-order valence-electron chi connectivity index (χ0n) is 37.1. The molecule has 0 radical (unpaired) electrons. The van der Waals surface area contributed by atoms with E-state index in [1.54, 1.807) is 6.20 Å². The van der Waals surface area contributed by atoms with Gasteiger partial charge in [-0.3, -0.25) is 4.98 Å². The summed E-state index contributed by atoms with van der Waals surface area (Å²) >= 11 is 0. The first-order valence-corrected chi connectivity index (χ1v) is 19.1. The molecule has 0 aliphatic carbocycles. The molecule has 3 heterocycles. The molecular formula is C46H80N4O. The number of pyridine rings is 1. The third-order valence-electron chi connectivity index (χ3n) is 6.72. The van der Waals surface area contributed by atoms with E-state index >= 15 is 0 Å². The maximum atomic E-state index is 5.60. The van der Waals surface area contributed by atoms with Crippen molar-refractivity contribution in [1.82, 2.24) is 20.0 Å². The molecule has 5 heteroatoms. The minimum Gasteiger partial charge on any atom is -0.466 e. The summed E-state index contributed by atoms with van der Waals surface area (Å²) in [7, 11) is 0. The van der Waals surface area contributed by atoms with Gasteiger partial charge in [0, 0.05) is 41.9 Å². The monoisotopic (exact) mass is 705 g/mol. The van der Waals surface area contributed by atoms with Gasteiger partial charge in [0.2, 0.25) is 0 Å². The van der Waals surface area contributed by atoms with Crippen LogP contribution in [0.1, 0.15) is 180 Å². The molecule has 1 aromatic carbocycles. The number of nitrogens with zero attached hydrogens (tertiary/aromatic N) is 4. The number of rotatable bonds is 2. The summed E-state index contributed by atoms with van der Waals surface area (Å²) in [6.45, 7) is 45.4. The highest BCUT2D eigenvalue weighted by molar-refractivity contribution is 5.22. The number of hydrogen-bond acceptors (Lipinski definition) is 4. The summed E-state index contributed by atoms with van der Waals surface area (Å²) in [5.41, 5.74) is 4.51. The minimum atomic E-state index is 0.104. The number of benzene rings is 1. The second kappa shape index (κ2) is 23.4. The molecule has 0 aliphatic rings. The van der Waals surface area contributed by atoms with Crippen LogP contribution in [0.4, 0.5) is 0 Å². The van der Waals surface area contributed by atoms with E-state index in [4.69, 9.17) is 4.42 Å². The Balaban J connectivity index is 0. The first-order chi connectivity index (χ1) is 23.1. The van der Waals surface area contributed by atoms with Crippen molar-refractivity contribution in [3.63, 3.8) is 0 Å². The van der Waals surface area contributed by atoms with E-state index in [1.807, 2.05) is 23.1 Å². The van der Waals surface area contributed by atoms with Crippen molar-refractivity contribution < 1.29 is 4.42 Å². The van der Waals surface area contributed by atoms with E-state index in [2.05, 4.69) is 209 Å². The lowest BCUT2D eigenvalue weighted by molar-refractivity contribution is 0.388. The molecule has 3 aromatic heterocycles. The molecule has 0 atom stereocenters. The maximum Gasteiger partial charge on any atom is 0.109 e. The van der Waals surface area contributed by atoms with Gasteiger partial charge in [-0.2, -0.15) is 0 Å². The van der Waals surface area contributed by atoms with Crippen molar-refractivity contribution in [2.24, 2.45) is 11.8 Å². The molecule has 0 unspecified atom stereocenters. The predicted octanol–water partition coefficient (Wildman–Crippen LogP) is 14.0. The van der Waals surface area contributed by atoms with E-state index in [0.717, 1.165) is 35.5 Å². The molecule has 4 aromatic rings. The fraction of sp³-hybridized carbons (Fsp3) is 0.630. The maximum absolute atomic E-state index is 5.60. The zero-order valence-corrected chi connectivity index (χ0v) is 37.1. The number of hydrogen-bond donors (Lipinski definition) is 0.